The first kappa shape index (κ1) is 23.4. The van der Waals surface area contributed by atoms with E-state index in [4.69, 9.17) is 23.2 Å². The number of nitrogens with zero attached hydrogens (tertiary/aromatic N) is 3. The highest BCUT2D eigenvalue weighted by atomic mass is 35.5. The van der Waals surface area contributed by atoms with Crippen LogP contribution in [0.25, 0.3) is 0 Å². The highest BCUT2D eigenvalue weighted by molar-refractivity contribution is 7.89. The van der Waals surface area contributed by atoms with Crippen LogP contribution in [0.3, 0.4) is 0 Å². The number of nitro benzene ring substituents is 1. The number of halogens is 2. The third-order valence-corrected chi connectivity index (χ3v) is 7.56. The molecule has 0 aliphatic carbocycles. The van der Waals surface area contributed by atoms with Gasteiger partial charge in [0.05, 0.1) is 21.7 Å². The molecule has 1 N–H and O–H groups in total. The van der Waals surface area contributed by atoms with Gasteiger partial charge in [0.15, 0.2) is 4.90 Å². The monoisotopic (exact) mass is 486 g/mol. The summed E-state index contributed by atoms with van der Waals surface area (Å²) in [4.78, 5) is 24.6. The maximum absolute atomic E-state index is 12.9. The molecule has 3 rings (SSSR count). The van der Waals surface area contributed by atoms with Crippen molar-refractivity contribution in [2.75, 3.05) is 31.5 Å². The molecule has 0 aromatic heterocycles. The average Bonchev–Trinajstić information content (AvgIpc) is 2.75. The van der Waals surface area contributed by atoms with Crippen LogP contribution in [0.2, 0.25) is 10.0 Å². The molecule has 0 radical (unpaired) electrons. The van der Waals surface area contributed by atoms with Crippen LogP contribution in [-0.2, 0) is 14.8 Å². The molecule has 1 amide bonds. The van der Waals surface area contributed by atoms with E-state index in [2.05, 4.69) is 5.32 Å². The standard InChI is InChI=1S/C19H20Cl2N4O5S/c1-13(19(26)22-16-7-6-14(20)12-15(16)21)23-8-10-24(11-9-23)31(29,30)18-5-3-2-4-17(18)25(27)28/h2-7,12-13H,8-11H2,1H3,(H,22,26). The SMILES string of the molecule is CC(C(=O)Nc1ccc(Cl)cc1Cl)N1CCN(S(=O)(=O)c2ccccc2[N+](=O)[O-])CC1. The fourth-order valence-electron chi connectivity index (χ4n) is 3.29. The smallest absolute Gasteiger partial charge is 0.289 e. The molecule has 1 aliphatic rings. The van der Waals surface area contributed by atoms with E-state index in [0.717, 1.165) is 6.07 Å². The number of hydrogen-bond donors (Lipinski definition) is 1. The largest absolute Gasteiger partial charge is 0.323 e. The van der Waals surface area contributed by atoms with E-state index in [9.17, 15) is 23.3 Å². The molecular formula is C19H20Cl2N4O5S. The van der Waals surface area contributed by atoms with Gasteiger partial charge in [0, 0.05) is 37.3 Å². The van der Waals surface area contributed by atoms with Crippen LogP contribution in [0.5, 0.6) is 0 Å². The molecule has 0 bridgehead atoms. The van der Waals surface area contributed by atoms with Crippen molar-refractivity contribution in [1.82, 2.24) is 9.21 Å². The van der Waals surface area contributed by atoms with Gasteiger partial charge in [-0.05, 0) is 31.2 Å². The van der Waals surface area contributed by atoms with Crippen LogP contribution in [0.15, 0.2) is 47.4 Å². The van der Waals surface area contributed by atoms with Crippen LogP contribution >= 0.6 is 23.2 Å². The van der Waals surface area contributed by atoms with Gasteiger partial charge in [-0.25, -0.2) is 8.42 Å². The molecule has 1 heterocycles. The van der Waals surface area contributed by atoms with Crippen molar-refractivity contribution in [2.45, 2.75) is 17.9 Å². The topological polar surface area (TPSA) is 113 Å². The van der Waals surface area contributed by atoms with E-state index >= 15 is 0 Å². The lowest BCUT2D eigenvalue weighted by Gasteiger charge is -2.36. The van der Waals surface area contributed by atoms with Gasteiger partial charge in [-0.3, -0.25) is 19.8 Å². The Hall–Kier alpha value is -2.24. The molecule has 31 heavy (non-hydrogen) atoms. The normalized spacial score (nSPS) is 16.6. The third kappa shape index (κ3) is 5.16. The highest BCUT2D eigenvalue weighted by Crippen LogP contribution is 2.28. The number of rotatable bonds is 6. The number of nitro groups is 1. The maximum atomic E-state index is 12.9. The zero-order valence-corrected chi connectivity index (χ0v) is 18.8. The number of sulfonamides is 1. The number of carbonyl (C=O) groups is 1. The van der Waals surface area contributed by atoms with Crippen LogP contribution in [-0.4, -0.2) is 60.7 Å². The van der Waals surface area contributed by atoms with E-state index in [1.165, 1.54) is 28.6 Å². The van der Waals surface area contributed by atoms with Gasteiger partial charge in [0.1, 0.15) is 0 Å². The molecule has 0 spiro atoms. The number of benzene rings is 2. The molecule has 1 aliphatic heterocycles. The number of anilines is 1. The third-order valence-electron chi connectivity index (χ3n) is 5.07. The van der Waals surface area contributed by atoms with Crippen LogP contribution < -0.4 is 5.32 Å². The van der Waals surface area contributed by atoms with Gasteiger partial charge in [-0.15, -0.1) is 0 Å². The fourth-order valence-corrected chi connectivity index (χ4v) is 5.33. The average molecular weight is 487 g/mol. The lowest BCUT2D eigenvalue weighted by molar-refractivity contribution is -0.387. The molecular weight excluding hydrogens is 467 g/mol. The summed E-state index contributed by atoms with van der Waals surface area (Å²) < 4.78 is 27.1. The summed E-state index contributed by atoms with van der Waals surface area (Å²) in [6.45, 7) is 2.51. The molecule has 2 aromatic carbocycles. The van der Waals surface area contributed by atoms with Gasteiger partial charge < -0.3 is 5.32 Å². The second-order valence-electron chi connectivity index (χ2n) is 6.95. The van der Waals surface area contributed by atoms with Crippen molar-refractivity contribution in [3.63, 3.8) is 0 Å². The summed E-state index contributed by atoms with van der Waals surface area (Å²) in [5, 5.41) is 14.7. The summed E-state index contributed by atoms with van der Waals surface area (Å²) in [7, 11) is -4.03. The zero-order valence-electron chi connectivity index (χ0n) is 16.5. The molecule has 12 heteroatoms. The predicted octanol–water partition coefficient (Wildman–Crippen LogP) is 3.24. The fraction of sp³-hybridized carbons (Fsp3) is 0.316. The Bertz CT molecular complexity index is 1100. The van der Waals surface area contributed by atoms with Crippen molar-refractivity contribution in [3.8, 4) is 0 Å². The molecule has 9 nitrogen and oxygen atoms in total. The van der Waals surface area contributed by atoms with E-state index < -0.39 is 26.7 Å². The number of nitrogens with one attached hydrogen (secondary N) is 1. The molecule has 1 fully saturated rings. The predicted molar refractivity (Wildman–Crippen MR) is 118 cm³/mol. The maximum Gasteiger partial charge on any atom is 0.289 e. The Morgan fingerprint density at radius 2 is 1.77 bits per heavy atom. The second-order valence-corrected chi connectivity index (χ2v) is 9.70. The minimum Gasteiger partial charge on any atom is -0.323 e. The van der Waals surface area contributed by atoms with Gasteiger partial charge in [-0.1, -0.05) is 35.3 Å². The van der Waals surface area contributed by atoms with Crippen LogP contribution in [0.4, 0.5) is 11.4 Å². The number of carbonyl (C=O) groups excluding carboxylic acids is 1. The number of piperazine rings is 1. The highest BCUT2D eigenvalue weighted by Gasteiger charge is 2.35. The first-order chi connectivity index (χ1) is 14.6. The van der Waals surface area contributed by atoms with E-state index in [1.54, 1.807) is 19.1 Å². The van der Waals surface area contributed by atoms with Crippen molar-refractivity contribution < 1.29 is 18.1 Å². The quantitative estimate of drug-likeness (QED) is 0.495. The minimum absolute atomic E-state index is 0.105. The van der Waals surface area contributed by atoms with Gasteiger partial charge in [-0.2, -0.15) is 4.31 Å². The molecule has 2 aromatic rings. The zero-order chi connectivity index (χ0) is 22.8. The first-order valence-electron chi connectivity index (χ1n) is 9.35. The Labute approximate surface area is 189 Å². The van der Waals surface area contributed by atoms with Crippen LogP contribution in [0, 0.1) is 10.1 Å². The van der Waals surface area contributed by atoms with Crippen LogP contribution in [0.1, 0.15) is 6.92 Å². The number of amides is 1. The van der Waals surface area contributed by atoms with Crippen molar-refractivity contribution in [1.29, 1.82) is 0 Å². The van der Waals surface area contributed by atoms with Crippen molar-refractivity contribution in [2.24, 2.45) is 0 Å². The Morgan fingerprint density at radius 3 is 2.39 bits per heavy atom. The van der Waals surface area contributed by atoms with E-state index in [-0.39, 0.29) is 23.9 Å². The summed E-state index contributed by atoms with van der Waals surface area (Å²) in [6, 6.07) is 9.46. The molecule has 1 unspecified atom stereocenters. The summed E-state index contributed by atoms with van der Waals surface area (Å²) in [5.74, 6) is -0.292. The van der Waals surface area contributed by atoms with Gasteiger partial charge >= 0.3 is 0 Å². The van der Waals surface area contributed by atoms with Gasteiger partial charge in [0.2, 0.25) is 15.9 Å². The lowest BCUT2D eigenvalue weighted by atomic mass is 10.2. The van der Waals surface area contributed by atoms with Crippen molar-refractivity contribution >= 4 is 50.5 Å². The first-order valence-corrected chi connectivity index (χ1v) is 11.5. The van der Waals surface area contributed by atoms with Gasteiger partial charge in [0.25, 0.3) is 5.69 Å². The van der Waals surface area contributed by atoms with Crippen molar-refractivity contribution in [3.05, 3.63) is 62.6 Å². The molecule has 166 valence electrons. The number of para-hydroxylation sites is 1. The summed E-state index contributed by atoms with van der Waals surface area (Å²) in [5.41, 5.74) is -0.0296. The minimum atomic E-state index is -4.03. The molecule has 0 saturated carbocycles. The Balaban J connectivity index is 1.66. The molecule has 1 saturated heterocycles. The lowest BCUT2D eigenvalue weighted by Crippen LogP contribution is -2.54. The molecule has 1 atom stereocenters. The summed E-state index contributed by atoms with van der Waals surface area (Å²) >= 11 is 12.0. The summed E-state index contributed by atoms with van der Waals surface area (Å²) in [6.07, 6.45) is 0. The Kier molecular flexibility index (Phi) is 7.17. The number of hydrogen-bond acceptors (Lipinski definition) is 6. The van der Waals surface area contributed by atoms with E-state index in [0.29, 0.717) is 28.8 Å². The van der Waals surface area contributed by atoms with E-state index in [1.807, 2.05) is 4.90 Å². The Morgan fingerprint density at radius 1 is 1.13 bits per heavy atom. The second kappa shape index (κ2) is 9.49.